The fourth-order valence-corrected chi connectivity index (χ4v) is 1.80. The third-order valence-electron chi connectivity index (χ3n) is 2.74. The normalized spacial score (nSPS) is 10.1. The summed E-state index contributed by atoms with van der Waals surface area (Å²) in [5, 5.41) is 5.28. The number of rotatable bonds is 6. The molecule has 110 valence electrons. The molecule has 0 saturated heterocycles. The third-order valence-corrected chi connectivity index (χ3v) is 2.74. The fourth-order valence-electron chi connectivity index (χ4n) is 1.80. The van der Waals surface area contributed by atoms with Crippen LogP contribution in [0.15, 0.2) is 42.6 Å². The van der Waals surface area contributed by atoms with E-state index in [1.165, 1.54) is 0 Å². The number of imide groups is 1. The molecule has 0 saturated carbocycles. The molecule has 2 rings (SSSR count). The molecule has 6 heteroatoms. The van der Waals surface area contributed by atoms with E-state index in [1.807, 2.05) is 25.2 Å². The Morgan fingerprint density at radius 2 is 2.10 bits per heavy atom. The van der Waals surface area contributed by atoms with Gasteiger partial charge in [-0.15, -0.1) is 0 Å². The molecular formula is C15H17N3O3. The van der Waals surface area contributed by atoms with Gasteiger partial charge in [-0.3, -0.25) is 14.9 Å². The summed E-state index contributed by atoms with van der Waals surface area (Å²) in [5.41, 5.74) is 1.39. The molecule has 6 nitrogen and oxygen atoms in total. The molecule has 0 spiro atoms. The molecule has 0 aliphatic heterocycles. The van der Waals surface area contributed by atoms with Crippen molar-refractivity contribution >= 4 is 11.8 Å². The lowest BCUT2D eigenvalue weighted by atomic mass is 10.2. The first kappa shape index (κ1) is 14.8. The summed E-state index contributed by atoms with van der Waals surface area (Å²) in [5.74, 6) is -0.378. The minimum Gasteiger partial charge on any atom is -0.484 e. The van der Waals surface area contributed by atoms with E-state index < -0.39 is 11.8 Å². The first-order chi connectivity index (χ1) is 10.2. The predicted octanol–water partition coefficient (Wildman–Crippen LogP) is 1.07. The van der Waals surface area contributed by atoms with Gasteiger partial charge >= 0.3 is 0 Å². The van der Waals surface area contributed by atoms with Gasteiger partial charge in [-0.25, -0.2) is 0 Å². The largest absolute Gasteiger partial charge is 0.484 e. The van der Waals surface area contributed by atoms with Crippen LogP contribution in [-0.2, 0) is 11.3 Å². The van der Waals surface area contributed by atoms with Crippen LogP contribution in [0.1, 0.15) is 16.1 Å². The monoisotopic (exact) mass is 287 g/mol. The molecular weight excluding hydrogens is 270 g/mol. The number of nitrogens with one attached hydrogen (secondary N) is 3. The molecule has 0 fully saturated rings. The Morgan fingerprint density at radius 1 is 1.24 bits per heavy atom. The van der Waals surface area contributed by atoms with Crippen molar-refractivity contribution < 1.29 is 14.3 Å². The Kier molecular flexibility index (Phi) is 5.11. The van der Waals surface area contributed by atoms with Gasteiger partial charge < -0.3 is 15.0 Å². The Morgan fingerprint density at radius 3 is 2.81 bits per heavy atom. The zero-order chi connectivity index (χ0) is 15.1. The predicted molar refractivity (Wildman–Crippen MR) is 78.0 cm³/mol. The van der Waals surface area contributed by atoms with Gasteiger partial charge in [0, 0.05) is 12.7 Å². The van der Waals surface area contributed by atoms with Crippen molar-refractivity contribution in [3.8, 4) is 5.75 Å². The lowest BCUT2D eigenvalue weighted by Crippen LogP contribution is -2.34. The van der Waals surface area contributed by atoms with Crippen LogP contribution in [-0.4, -0.2) is 30.5 Å². The first-order valence-electron chi connectivity index (χ1n) is 6.53. The molecule has 2 amide bonds. The van der Waals surface area contributed by atoms with Crippen molar-refractivity contribution in [2.45, 2.75) is 6.54 Å². The van der Waals surface area contributed by atoms with E-state index in [4.69, 9.17) is 4.74 Å². The molecule has 0 aliphatic carbocycles. The molecule has 1 aromatic carbocycles. The first-order valence-corrected chi connectivity index (χ1v) is 6.53. The molecule has 0 atom stereocenters. The van der Waals surface area contributed by atoms with Crippen molar-refractivity contribution in [3.63, 3.8) is 0 Å². The van der Waals surface area contributed by atoms with Crippen LogP contribution in [0, 0.1) is 0 Å². The van der Waals surface area contributed by atoms with Crippen molar-refractivity contribution in [1.82, 2.24) is 15.6 Å². The van der Waals surface area contributed by atoms with Gasteiger partial charge in [0.25, 0.3) is 11.8 Å². The van der Waals surface area contributed by atoms with Gasteiger partial charge in [-0.1, -0.05) is 12.1 Å². The number of aromatic amines is 1. The number of ether oxygens (including phenoxy) is 1. The van der Waals surface area contributed by atoms with Crippen LogP contribution >= 0.6 is 0 Å². The average Bonchev–Trinajstić information content (AvgIpc) is 3.00. The van der Waals surface area contributed by atoms with E-state index in [0.717, 1.165) is 5.56 Å². The van der Waals surface area contributed by atoms with Gasteiger partial charge in [-0.05, 0) is 36.9 Å². The molecule has 0 aliphatic rings. The second-order valence-electron chi connectivity index (χ2n) is 4.43. The van der Waals surface area contributed by atoms with Crippen molar-refractivity contribution in [1.29, 1.82) is 0 Å². The summed E-state index contributed by atoms with van der Waals surface area (Å²) in [6, 6.07) is 10.7. The number of H-pyrrole nitrogens is 1. The van der Waals surface area contributed by atoms with Crippen LogP contribution < -0.4 is 15.4 Å². The standard InChI is InChI=1S/C15H17N3O3/c1-16-9-11-4-2-5-12(8-11)21-10-14(19)18-15(20)13-6-3-7-17-13/h2-8,16-17H,9-10H2,1H3,(H,18,19,20). The number of carbonyl (C=O) groups is 2. The second kappa shape index (κ2) is 7.25. The van der Waals surface area contributed by atoms with Crippen molar-refractivity contribution in [2.24, 2.45) is 0 Å². The van der Waals surface area contributed by atoms with E-state index in [1.54, 1.807) is 24.4 Å². The summed E-state index contributed by atoms with van der Waals surface area (Å²) in [7, 11) is 1.85. The fraction of sp³-hybridized carbons (Fsp3) is 0.200. The summed E-state index contributed by atoms with van der Waals surface area (Å²) in [6.45, 7) is 0.504. The molecule has 0 unspecified atom stereocenters. The number of aromatic nitrogens is 1. The van der Waals surface area contributed by atoms with Crippen LogP contribution in [0.5, 0.6) is 5.75 Å². The second-order valence-corrected chi connectivity index (χ2v) is 4.43. The third kappa shape index (κ3) is 4.47. The lowest BCUT2D eigenvalue weighted by molar-refractivity contribution is -0.122. The van der Waals surface area contributed by atoms with Gasteiger partial charge in [0.1, 0.15) is 11.4 Å². The topological polar surface area (TPSA) is 83.2 Å². The quantitative estimate of drug-likeness (QED) is 0.742. The van der Waals surface area contributed by atoms with Gasteiger partial charge in [0.2, 0.25) is 0 Å². The molecule has 21 heavy (non-hydrogen) atoms. The molecule has 1 aromatic heterocycles. The molecule has 3 N–H and O–H groups in total. The molecule has 0 radical (unpaired) electrons. The Bertz CT molecular complexity index is 608. The highest BCUT2D eigenvalue weighted by Gasteiger charge is 2.11. The summed E-state index contributed by atoms with van der Waals surface area (Å²) in [4.78, 5) is 26.0. The van der Waals surface area contributed by atoms with Crippen LogP contribution in [0.3, 0.4) is 0 Å². The average molecular weight is 287 g/mol. The number of hydrogen-bond acceptors (Lipinski definition) is 4. The summed E-state index contributed by atoms with van der Waals surface area (Å²) < 4.78 is 5.37. The maximum atomic E-state index is 11.6. The van der Waals surface area contributed by atoms with Crippen molar-refractivity contribution in [2.75, 3.05) is 13.7 Å². The highest BCUT2D eigenvalue weighted by molar-refractivity contribution is 6.04. The van der Waals surface area contributed by atoms with E-state index >= 15 is 0 Å². The van der Waals surface area contributed by atoms with Crippen molar-refractivity contribution in [3.05, 3.63) is 53.9 Å². The number of carbonyl (C=O) groups excluding carboxylic acids is 2. The Hall–Kier alpha value is -2.60. The van der Waals surface area contributed by atoms with E-state index in [2.05, 4.69) is 15.6 Å². The van der Waals surface area contributed by atoms with Crippen LogP contribution in [0.2, 0.25) is 0 Å². The Labute approximate surface area is 122 Å². The number of benzene rings is 1. The highest BCUT2D eigenvalue weighted by Crippen LogP contribution is 2.12. The van der Waals surface area contributed by atoms with Crippen LogP contribution in [0.4, 0.5) is 0 Å². The zero-order valence-electron chi connectivity index (χ0n) is 11.7. The molecule has 1 heterocycles. The van der Waals surface area contributed by atoms with Crippen LogP contribution in [0.25, 0.3) is 0 Å². The number of amides is 2. The molecule has 0 bridgehead atoms. The Balaban J connectivity index is 1.83. The van der Waals surface area contributed by atoms with E-state index in [-0.39, 0.29) is 6.61 Å². The van der Waals surface area contributed by atoms with Gasteiger partial charge in [0.15, 0.2) is 6.61 Å². The van der Waals surface area contributed by atoms with Gasteiger partial charge in [-0.2, -0.15) is 0 Å². The minimum atomic E-state index is -0.492. The van der Waals surface area contributed by atoms with E-state index in [0.29, 0.717) is 18.0 Å². The maximum absolute atomic E-state index is 11.6. The summed E-state index contributed by atoms with van der Waals surface area (Å²) >= 11 is 0. The zero-order valence-corrected chi connectivity index (χ0v) is 11.7. The summed E-state index contributed by atoms with van der Waals surface area (Å²) in [6.07, 6.45) is 1.61. The number of hydrogen-bond donors (Lipinski definition) is 3. The lowest BCUT2D eigenvalue weighted by Gasteiger charge is -2.08. The maximum Gasteiger partial charge on any atom is 0.274 e. The molecule has 2 aromatic rings. The smallest absolute Gasteiger partial charge is 0.274 e. The van der Waals surface area contributed by atoms with Gasteiger partial charge in [0.05, 0.1) is 0 Å². The highest BCUT2D eigenvalue weighted by atomic mass is 16.5. The SMILES string of the molecule is CNCc1cccc(OCC(=O)NC(=O)c2ccc[nH]2)c1. The van der Waals surface area contributed by atoms with E-state index in [9.17, 15) is 9.59 Å². The minimum absolute atomic E-state index is 0.213.